The lowest BCUT2D eigenvalue weighted by atomic mass is 10.0. The molecule has 0 unspecified atom stereocenters. The molecule has 0 saturated carbocycles. The number of ether oxygens (including phenoxy) is 2. The summed E-state index contributed by atoms with van der Waals surface area (Å²) in [5.74, 6) is 0.584. The van der Waals surface area contributed by atoms with Crippen LogP contribution in [0.4, 0.5) is 0 Å². The molecule has 0 N–H and O–H groups in total. The molecule has 0 bridgehead atoms. The molecule has 0 atom stereocenters. The van der Waals surface area contributed by atoms with Crippen LogP contribution in [0.15, 0.2) is 78.9 Å². The first-order valence-corrected chi connectivity index (χ1v) is 9.42. The number of nitrogens with zero attached hydrogens (tertiary/aromatic N) is 1. The van der Waals surface area contributed by atoms with E-state index in [9.17, 15) is 9.59 Å². The van der Waals surface area contributed by atoms with E-state index in [1.165, 1.54) is 6.92 Å². The second-order valence-electron chi connectivity index (χ2n) is 6.77. The predicted octanol–water partition coefficient (Wildman–Crippen LogP) is 5.33. The summed E-state index contributed by atoms with van der Waals surface area (Å²) in [6.07, 6.45) is 0. The Morgan fingerprint density at radius 3 is 2.17 bits per heavy atom. The summed E-state index contributed by atoms with van der Waals surface area (Å²) in [5, 5.41) is 0.708. The molecule has 3 aromatic carbocycles. The van der Waals surface area contributed by atoms with E-state index in [4.69, 9.17) is 14.5 Å². The lowest BCUT2D eigenvalue weighted by Crippen LogP contribution is -2.10. The van der Waals surface area contributed by atoms with E-state index in [0.717, 1.165) is 11.3 Å². The van der Waals surface area contributed by atoms with Gasteiger partial charge in [-0.3, -0.25) is 4.79 Å². The van der Waals surface area contributed by atoms with Crippen LogP contribution >= 0.6 is 0 Å². The van der Waals surface area contributed by atoms with Crippen molar-refractivity contribution in [1.29, 1.82) is 0 Å². The van der Waals surface area contributed by atoms with Crippen molar-refractivity contribution in [1.82, 2.24) is 4.98 Å². The highest BCUT2D eigenvalue weighted by Crippen LogP contribution is 2.27. The quantitative estimate of drug-likeness (QED) is 0.259. The normalized spacial score (nSPS) is 10.6. The van der Waals surface area contributed by atoms with Gasteiger partial charge in [0.15, 0.2) is 5.78 Å². The van der Waals surface area contributed by atoms with Gasteiger partial charge in [0.25, 0.3) is 0 Å². The lowest BCUT2D eigenvalue weighted by molar-refractivity contribution is 0.0736. The van der Waals surface area contributed by atoms with Crippen molar-refractivity contribution in [2.24, 2.45) is 0 Å². The minimum absolute atomic E-state index is 0.0443. The van der Waals surface area contributed by atoms with Crippen LogP contribution in [0.5, 0.6) is 11.5 Å². The van der Waals surface area contributed by atoms with Gasteiger partial charge in [0, 0.05) is 16.5 Å². The number of carbonyl (C=O) groups excluding carboxylic acids is 2. The Balaban J connectivity index is 1.72. The summed E-state index contributed by atoms with van der Waals surface area (Å²) in [7, 11) is 1.61. The number of hydrogen-bond donors (Lipinski definition) is 0. The van der Waals surface area contributed by atoms with E-state index in [2.05, 4.69) is 0 Å². The Hall–Kier alpha value is -3.99. The third-order valence-electron chi connectivity index (χ3n) is 4.79. The van der Waals surface area contributed by atoms with E-state index in [1.54, 1.807) is 37.4 Å². The fraction of sp³-hybridized carbons (Fsp3) is 0.0800. The van der Waals surface area contributed by atoms with Gasteiger partial charge in [-0.1, -0.05) is 18.2 Å². The molecule has 0 saturated heterocycles. The van der Waals surface area contributed by atoms with Crippen molar-refractivity contribution in [2.75, 3.05) is 7.11 Å². The van der Waals surface area contributed by atoms with Gasteiger partial charge in [0.1, 0.15) is 11.5 Å². The number of rotatable bonds is 5. The first-order chi connectivity index (χ1) is 14.5. The fourth-order valence-electron chi connectivity index (χ4n) is 3.17. The second-order valence-corrected chi connectivity index (χ2v) is 6.77. The number of Topliss-reactive ketones (excluding diaryl/α,β-unsaturated/α-hetero) is 1. The highest BCUT2D eigenvalue weighted by Gasteiger charge is 2.16. The Kier molecular flexibility index (Phi) is 5.26. The molecule has 148 valence electrons. The number of hydrogen-bond acceptors (Lipinski definition) is 5. The van der Waals surface area contributed by atoms with Gasteiger partial charge in [-0.05, 0) is 67.6 Å². The van der Waals surface area contributed by atoms with Gasteiger partial charge in [-0.2, -0.15) is 0 Å². The van der Waals surface area contributed by atoms with Crippen molar-refractivity contribution >= 4 is 22.7 Å². The van der Waals surface area contributed by atoms with Crippen LogP contribution in [0.2, 0.25) is 0 Å². The zero-order chi connectivity index (χ0) is 21.1. The minimum atomic E-state index is -0.487. The van der Waals surface area contributed by atoms with E-state index in [1.807, 2.05) is 48.5 Å². The molecule has 0 amide bonds. The molecule has 5 heteroatoms. The number of carbonyl (C=O) groups is 2. The van der Waals surface area contributed by atoms with Gasteiger partial charge < -0.3 is 9.47 Å². The third kappa shape index (κ3) is 3.91. The number of benzene rings is 3. The SMILES string of the molecule is COc1ccc(-c2cc(C(=O)Oc3ccc(C(C)=O)cc3)c3ccccc3n2)cc1. The maximum Gasteiger partial charge on any atom is 0.344 e. The van der Waals surface area contributed by atoms with Gasteiger partial charge in [-0.25, -0.2) is 9.78 Å². The molecule has 0 spiro atoms. The summed E-state index contributed by atoms with van der Waals surface area (Å²) >= 11 is 0. The van der Waals surface area contributed by atoms with Crippen LogP contribution in [0.1, 0.15) is 27.6 Å². The minimum Gasteiger partial charge on any atom is -0.497 e. The lowest BCUT2D eigenvalue weighted by Gasteiger charge is -2.10. The van der Waals surface area contributed by atoms with Gasteiger partial charge in [0.2, 0.25) is 0 Å². The summed E-state index contributed by atoms with van der Waals surface area (Å²) in [5.41, 5.74) is 3.20. The van der Waals surface area contributed by atoms with Crippen LogP contribution in [0.3, 0.4) is 0 Å². The molecular formula is C25H19NO4. The van der Waals surface area contributed by atoms with E-state index >= 15 is 0 Å². The second kappa shape index (κ2) is 8.17. The highest BCUT2D eigenvalue weighted by molar-refractivity contribution is 6.05. The Morgan fingerprint density at radius 1 is 0.833 bits per heavy atom. The largest absolute Gasteiger partial charge is 0.497 e. The van der Waals surface area contributed by atoms with Crippen LogP contribution < -0.4 is 9.47 Å². The monoisotopic (exact) mass is 397 g/mol. The van der Waals surface area contributed by atoms with Gasteiger partial charge in [0.05, 0.1) is 23.9 Å². The Labute approximate surface area is 173 Å². The summed E-state index contributed by atoms with van der Waals surface area (Å²) < 4.78 is 10.8. The Bertz CT molecular complexity index is 1230. The predicted molar refractivity (Wildman–Crippen MR) is 115 cm³/mol. The number of esters is 1. The molecular weight excluding hydrogens is 378 g/mol. The molecule has 0 aliphatic carbocycles. The standard InChI is InChI=1S/C25H19NO4/c1-16(27)17-7-13-20(14-8-17)30-25(28)22-15-24(18-9-11-19(29-2)12-10-18)26-23-6-4-3-5-21(22)23/h3-15H,1-2H3. The number of methoxy groups -OCH3 is 1. The molecule has 4 rings (SSSR count). The third-order valence-corrected chi connectivity index (χ3v) is 4.79. The van der Waals surface area contributed by atoms with E-state index < -0.39 is 5.97 Å². The molecule has 30 heavy (non-hydrogen) atoms. The summed E-state index contributed by atoms with van der Waals surface area (Å²) in [6.45, 7) is 1.49. The number of aromatic nitrogens is 1. The number of para-hydroxylation sites is 1. The maximum atomic E-state index is 13.0. The molecule has 1 aromatic heterocycles. The summed E-state index contributed by atoms with van der Waals surface area (Å²) in [6, 6.07) is 23.2. The van der Waals surface area contributed by atoms with Crippen LogP contribution in [0, 0.1) is 0 Å². The van der Waals surface area contributed by atoms with Crippen molar-refractivity contribution in [3.8, 4) is 22.8 Å². The Morgan fingerprint density at radius 2 is 1.50 bits per heavy atom. The van der Waals surface area contributed by atoms with Crippen LogP contribution in [0.25, 0.3) is 22.2 Å². The molecule has 4 aromatic rings. The van der Waals surface area contributed by atoms with Gasteiger partial charge in [-0.15, -0.1) is 0 Å². The van der Waals surface area contributed by atoms with Crippen molar-refractivity contribution in [3.05, 3.63) is 90.0 Å². The number of pyridine rings is 1. The fourth-order valence-corrected chi connectivity index (χ4v) is 3.17. The zero-order valence-electron chi connectivity index (χ0n) is 16.6. The summed E-state index contributed by atoms with van der Waals surface area (Å²) in [4.78, 5) is 29.1. The topological polar surface area (TPSA) is 65.5 Å². The van der Waals surface area contributed by atoms with Crippen molar-refractivity contribution in [3.63, 3.8) is 0 Å². The molecule has 0 aliphatic rings. The average Bonchev–Trinajstić information content (AvgIpc) is 2.78. The molecule has 5 nitrogen and oxygen atoms in total. The first kappa shape index (κ1) is 19.3. The molecule has 0 aliphatic heterocycles. The molecule has 0 fully saturated rings. The molecule has 0 radical (unpaired) electrons. The molecule has 1 heterocycles. The first-order valence-electron chi connectivity index (χ1n) is 9.42. The van der Waals surface area contributed by atoms with Crippen molar-refractivity contribution < 1.29 is 19.1 Å². The van der Waals surface area contributed by atoms with E-state index in [-0.39, 0.29) is 5.78 Å². The van der Waals surface area contributed by atoms with E-state index in [0.29, 0.717) is 33.5 Å². The van der Waals surface area contributed by atoms with Crippen LogP contribution in [-0.2, 0) is 0 Å². The number of ketones is 1. The maximum absolute atomic E-state index is 13.0. The zero-order valence-corrected chi connectivity index (χ0v) is 16.6. The van der Waals surface area contributed by atoms with Crippen molar-refractivity contribution in [2.45, 2.75) is 6.92 Å². The number of fused-ring (bicyclic) bond motifs is 1. The van der Waals surface area contributed by atoms with Gasteiger partial charge >= 0.3 is 5.97 Å². The smallest absolute Gasteiger partial charge is 0.344 e. The average molecular weight is 397 g/mol. The van der Waals surface area contributed by atoms with Crippen LogP contribution in [-0.4, -0.2) is 23.8 Å². The highest BCUT2D eigenvalue weighted by atomic mass is 16.5.